The summed E-state index contributed by atoms with van der Waals surface area (Å²) in [4.78, 5) is 0. The fourth-order valence-corrected chi connectivity index (χ4v) is 1.26. The number of hydrogen-bond acceptors (Lipinski definition) is 2. The Balaban J connectivity index is 3.03. The van der Waals surface area contributed by atoms with Crippen LogP contribution in [-0.2, 0) is 6.42 Å². The summed E-state index contributed by atoms with van der Waals surface area (Å²) in [6.07, 6.45) is -2.29. The van der Waals surface area contributed by atoms with E-state index < -0.39 is 6.43 Å². The second-order valence-electron chi connectivity index (χ2n) is 2.84. The molecule has 0 bridgehead atoms. The number of hydrogen-bond donors (Lipinski definition) is 1. The van der Waals surface area contributed by atoms with Gasteiger partial charge in [-0.1, -0.05) is 0 Å². The van der Waals surface area contributed by atoms with Crippen LogP contribution < -0.4 is 4.74 Å². The van der Waals surface area contributed by atoms with Crippen LogP contribution in [0.25, 0.3) is 0 Å². The van der Waals surface area contributed by atoms with Crippen molar-refractivity contribution in [2.75, 3.05) is 13.7 Å². The summed E-state index contributed by atoms with van der Waals surface area (Å²) in [5.74, 6) is 0.526. The number of methoxy groups -OCH3 is 1. The quantitative estimate of drug-likeness (QED) is 0.810. The van der Waals surface area contributed by atoms with Gasteiger partial charge in [0.1, 0.15) is 5.75 Å². The van der Waals surface area contributed by atoms with Gasteiger partial charge in [0, 0.05) is 12.2 Å². The summed E-state index contributed by atoms with van der Waals surface area (Å²) in [6.45, 7) is -0.146. The molecule has 1 rings (SSSR count). The maximum absolute atomic E-state index is 12.5. The van der Waals surface area contributed by atoms with Crippen LogP contribution in [0.15, 0.2) is 18.2 Å². The molecule has 14 heavy (non-hydrogen) atoms. The number of benzene rings is 1. The first-order valence-electron chi connectivity index (χ1n) is 4.25. The number of alkyl halides is 2. The number of rotatable bonds is 4. The first-order valence-corrected chi connectivity index (χ1v) is 4.25. The standard InChI is InChI=1S/C10H12F2O2/c1-14-8-2-3-9(10(11)12)7(6-8)4-5-13/h2-3,6,10,13H,4-5H2,1H3. The minimum absolute atomic E-state index is 0.0418. The van der Waals surface area contributed by atoms with Crippen molar-refractivity contribution < 1.29 is 18.6 Å². The summed E-state index contributed by atoms with van der Waals surface area (Å²) in [7, 11) is 1.47. The highest BCUT2D eigenvalue weighted by Gasteiger charge is 2.12. The van der Waals surface area contributed by atoms with E-state index >= 15 is 0 Å². The van der Waals surface area contributed by atoms with Crippen LogP contribution in [0.3, 0.4) is 0 Å². The summed E-state index contributed by atoms with van der Waals surface area (Å²) in [5.41, 5.74) is 0.390. The van der Waals surface area contributed by atoms with Crippen molar-refractivity contribution >= 4 is 0 Å². The van der Waals surface area contributed by atoms with Gasteiger partial charge in [0.05, 0.1) is 7.11 Å². The van der Waals surface area contributed by atoms with Gasteiger partial charge in [-0.15, -0.1) is 0 Å². The minimum atomic E-state index is -2.51. The number of halogens is 2. The fraction of sp³-hybridized carbons (Fsp3) is 0.400. The summed E-state index contributed by atoms with van der Waals surface area (Å²) < 4.78 is 29.8. The van der Waals surface area contributed by atoms with Crippen molar-refractivity contribution in [3.05, 3.63) is 29.3 Å². The molecule has 4 heteroatoms. The van der Waals surface area contributed by atoms with Gasteiger partial charge in [-0.25, -0.2) is 8.78 Å². The summed E-state index contributed by atoms with van der Waals surface area (Å²) in [5, 5.41) is 8.70. The molecule has 0 aliphatic rings. The van der Waals surface area contributed by atoms with E-state index in [1.165, 1.54) is 25.3 Å². The van der Waals surface area contributed by atoms with Gasteiger partial charge in [-0.05, 0) is 30.2 Å². The Bertz CT molecular complexity index is 300. The van der Waals surface area contributed by atoms with E-state index in [1.54, 1.807) is 0 Å². The van der Waals surface area contributed by atoms with Crippen molar-refractivity contribution in [2.45, 2.75) is 12.8 Å². The van der Waals surface area contributed by atoms with Crippen LogP contribution in [0.5, 0.6) is 5.75 Å². The molecule has 0 atom stereocenters. The van der Waals surface area contributed by atoms with Crippen LogP contribution in [0.4, 0.5) is 8.78 Å². The molecular formula is C10H12F2O2. The predicted molar refractivity (Wildman–Crippen MR) is 48.7 cm³/mol. The zero-order chi connectivity index (χ0) is 10.6. The molecular weight excluding hydrogens is 190 g/mol. The third-order valence-electron chi connectivity index (χ3n) is 1.97. The molecule has 0 fully saturated rings. The lowest BCUT2D eigenvalue weighted by atomic mass is 10.0. The van der Waals surface area contributed by atoms with Gasteiger partial charge < -0.3 is 9.84 Å². The number of ether oxygens (including phenoxy) is 1. The zero-order valence-corrected chi connectivity index (χ0v) is 7.84. The molecule has 0 aliphatic carbocycles. The van der Waals surface area contributed by atoms with Gasteiger partial charge in [0.2, 0.25) is 0 Å². The Morgan fingerprint density at radius 2 is 2.14 bits per heavy atom. The molecule has 0 heterocycles. The van der Waals surface area contributed by atoms with Gasteiger partial charge >= 0.3 is 0 Å². The largest absolute Gasteiger partial charge is 0.497 e. The maximum Gasteiger partial charge on any atom is 0.264 e. The molecule has 0 saturated carbocycles. The lowest BCUT2D eigenvalue weighted by Gasteiger charge is -2.09. The van der Waals surface area contributed by atoms with Crippen molar-refractivity contribution in [1.29, 1.82) is 0 Å². The number of aliphatic hydroxyl groups is 1. The predicted octanol–water partition coefficient (Wildman–Crippen LogP) is 2.17. The molecule has 1 aromatic rings. The van der Waals surface area contributed by atoms with Gasteiger partial charge in [0.15, 0.2) is 0 Å². The third-order valence-corrected chi connectivity index (χ3v) is 1.97. The second kappa shape index (κ2) is 4.91. The first kappa shape index (κ1) is 10.9. The Labute approximate surface area is 81.1 Å². The summed E-state index contributed by atoms with van der Waals surface area (Å²) in [6, 6.07) is 4.34. The van der Waals surface area contributed by atoms with E-state index in [0.29, 0.717) is 11.3 Å². The van der Waals surface area contributed by atoms with E-state index in [-0.39, 0.29) is 18.6 Å². The molecule has 0 saturated heterocycles. The highest BCUT2D eigenvalue weighted by molar-refractivity contribution is 5.36. The molecule has 1 N–H and O–H groups in total. The fourth-order valence-electron chi connectivity index (χ4n) is 1.26. The molecule has 78 valence electrons. The Morgan fingerprint density at radius 1 is 1.43 bits per heavy atom. The highest BCUT2D eigenvalue weighted by atomic mass is 19.3. The van der Waals surface area contributed by atoms with Crippen LogP contribution in [-0.4, -0.2) is 18.8 Å². The molecule has 0 unspecified atom stereocenters. The lowest BCUT2D eigenvalue weighted by Crippen LogP contribution is -1.99. The normalized spacial score (nSPS) is 10.6. The van der Waals surface area contributed by atoms with Crippen LogP contribution in [0.2, 0.25) is 0 Å². The van der Waals surface area contributed by atoms with Crippen LogP contribution in [0.1, 0.15) is 17.6 Å². The zero-order valence-electron chi connectivity index (χ0n) is 7.84. The highest BCUT2D eigenvalue weighted by Crippen LogP contribution is 2.26. The average molecular weight is 202 g/mol. The van der Waals surface area contributed by atoms with Gasteiger partial charge in [-0.3, -0.25) is 0 Å². The van der Waals surface area contributed by atoms with Crippen LogP contribution >= 0.6 is 0 Å². The van der Waals surface area contributed by atoms with Crippen molar-refractivity contribution in [1.82, 2.24) is 0 Å². The van der Waals surface area contributed by atoms with Crippen molar-refractivity contribution in [3.63, 3.8) is 0 Å². The molecule has 0 aromatic heterocycles. The van der Waals surface area contributed by atoms with Gasteiger partial charge in [-0.2, -0.15) is 0 Å². The topological polar surface area (TPSA) is 29.5 Å². The van der Waals surface area contributed by atoms with E-state index in [2.05, 4.69) is 0 Å². The van der Waals surface area contributed by atoms with E-state index in [9.17, 15) is 8.78 Å². The maximum atomic E-state index is 12.5. The molecule has 2 nitrogen and oxygen atoms in total. The van der Waals surface area contributed by atoms with E-state index in [4.69, 9.17) is 9.84 Å². The Morgan fingerprint density at radius 3 is 2.64 bits per heavy atom. The van der Waals surface area contributed by atoms with Crippen molar-refractivity contribution in [3.8, 4) is 5.75 Å². The number of aliphatic hydroxyl groups excluding tert-OH is 1. The first-order chi connectivity index (χ1) is 6.69. The molecule has 0 radical (unpaired) electrons. The second-order valence-corrected chi connectivity index (χ2v) is 2.84. The smallest absolute Gasteiger partial charge is 0.264 e. The summed E-state index contributed by atoms with van der Waals surface area (Å²) >= 11 is 0. The SMILES string of the molecule is COc1ccc(C(F)F)c(CCO)c1. The third kappa shape index (κ3) is 2.42. The molecule has 0 amide bonds. The lowest BCUT2D eigenvalue weighted by molar-refractivity contribution is 0.149. The van der Waals surface area contributed by atoms with Crippen LogP contribution in [0, 0.1) is 0 Å². The molecule has 0 aliphatic heterocycles. The Hall–Kier alpha value is -1.16. The van der Waals surface area contributed by atoms with E-state index in [1.807, 2.05) is 0 Å². The molecule has 0 spiro atoms. The monoisotopic (exact) mass is 202 g/mol. The van der Waals surface area contributed by atoms with Gasteiger partial charge in [0.25, 0.3) is 6.43 Å². The Kier molecular flexibility index (Phi) is 3.83. The van der Waals surface area contributed by atoms with E-state index in [0.717, 1.165) is 0 Å². The average Bonchev–Trinajstić information content (AvgIpc) is 2.17. The van der Waals surface area contributed by atoms with Crippen molar-refractivity contribution in [2.24, 2.45) is 0 Å². The molecule has 1 aromatic carbocycles. The minimum Gasteiger partial charge on any atom is -0.497 e.